The van der Waals surface area contributed by atoms with Gasteiger partial charge < -0.3 is 10.6 Å². The number of carbonyl (C=O) groups excluding carboxylic acids is 1. The van der Waals surface area contributed by atoms with Crippen molar-refractivity contribution < 1.29 is 4.79 Å². The molecule has 2 N–H and O–H groups in total. The van der Waals surface area contributed by atoms with E-state index >= 15 is 0 Å². The molecule has 1 aliphatic carbocycles. The Morgan fingerprint density at radius 3 is 2.64 bits per heavy atom. The summed E-state index contributed by atoms with van der Waals surface area (Å²) in [5.41, 5.74) is 1.40. The number of hydrogen-bond acceptors (Lipinski definition) is 1. The van der Waals surface area contributed by atoms with Crippen LogP contribution in [-0.2, 0) is 6.42 Å². The highest BCUT2D eigenvalue weighted by atomic mass is 16.2. The third kappa shape index (κ3) is 6.50. The van der Waals surface area contributed by atoms with Gasteiger partial charge in [-0.3, -0.25) is 0 Å². The molecule has 3 heteroatoms. The van der Waals surface area contributed by atoms with Gasteiger partial charge in [-0.1, -0.05) is 56.5 Å². The van der Waals surface area contributed by atoms with Crippen molar-refractivity contribution in [1.82, 2.24) is 10.6 Å². The zero-order valence-electron chi connectivity index (χ0n) is 13.8. The summed E-state index contributed by atoms with van der Waals surface area (Å²) < 4.78 is 0. The van der Waals surface area contributed by atoms with Crippen LogP contribution in [0.25, 0.3) is 0 Å². The molecule has 22 heavy (non-hydrogen) atoms. The molecule has 1 fully saturated rings. The van der Waals surface area contributed by atoms with Crippen LogP contribution in [0.3, 0.4) is 0 Å². The van der Waals surface area contributed by atoms with Crippen molar-refractivity contribution in [3.8, 4) is 0 Å². The fraction of sp³-hybridized carbons (Fsp3) is 0.632. The fourth-order valence-electron chi connectivity index (χ4n) is 3.25. The molecular formula is C19H30N2O. The Kier molecular flexibility index (Phi) is 7.27. The molecule has 1 atom stereocenters. The van der Waals surface area contributed by atoms with Gasteiger partial charge in [0.25, 0.3) is 0 Å². The van der Waals surface area contributed by atoms with Crippen molar-refractivity contribution in [2.75, 3.05) is 6.54 Å². The van der Waals surface area contributed by atoms with Crippen LogP contribution in [0.4, 0.5) is 4.79 Å². The van der Waals surface area contributed by atoms with Gasteiger partial charge in [0.1, 0.15) is 0 Å². The summed E-state index contributed by atoms with van der Waals surface area (Å²) in [7, 11) is 0. The Bertz CT molecular complexity index is 426. The highest BCUT2D eigenvalue weighted by Gasteiger charge is 2.15. The second-order valence-corrected chi connectivity index (χ2v) is 6.67. The van der Waals surface area contributed by atoms with E-state index in [2.05, 4.69) is 47.9 Å². The van der Waals surface area contributed by atoms with E-state index in [9.17, 15) is 4.79 Å². The summed E-state index contributed by atoms with van der Waals surface area (Å²) >= 11 is 0. The average Bonchev–Trinajstić information content (AvgIpc) is 2.53. The SMILES string of the molecule is C[C@@H](CCCNC(=O)NC1CCCCC1)Cc1ccccc1. The maximum absolute atomic E-state index is 11.8. The van der Waals surface area contributed by atoms with Crippen LogP contribution in [0.15, 0.2) is 30.3 Å². The molecule has 3 nitrogen and oxygen atoms in total. The Hall–Kier alpha value is -1.51. The number of urea groups is 1. The van der Waals surface area contributed by atoms with Gasteiger partial charge in [-0.25, -0.2) is 4.79 Å². The number of benzene rings is 1. The lowest BCUT2D eigenvalue weighted by Gasteiger charge is -2.23. The molecule has 0 unspecified atom stereocenters. The van der Waals surface area contributed by atoms with Crippen molar-refractivity contribution >= 4 is 6.03 Å². The van der Waals surface area contributed by atoms with Gasteiger partial charge in [-0.2, -0.15) is 0 Å². The predicted molar refractivity (Wildman–Crippen MR) is 92.0 cm³/mol. The minimum Gasteiger partial charge on any atom is -0.338 e. The van der Waals surface area contributed by atoms with Crippen LogP contribution in [0, 0.1) is 5.92 Å². The van der Waals surface area contributed by atoms with Gasteiger partial charge in [0.05, 0.1) is 0 Å². The average molecular weight is 302 g/mol. The number of rotatable bonds is 7. The lowest BCUT2D eigenvalue weighted by molar-refractivity contribution is 0.232. The Morgan fingerprint density at radius 2 is 1.91 bits per heavy atom. The molecule has 0 aromatic heterocycles. The van der Waals surface area contributed by atoms with Crippen molar-refractivity contribution in [2.45, 2.75) is 64.3 Å². The summed E-state index contributed by atoms with van der Waals surface area (Å²) in [4.78, 5) is 11.8. The van der Waals surface area contributed by atoms with Gasteiger partial charge in [-0.05, 0) is 43.6 Å². The predicted octanol–water partition coefficient (Wildman–Crippen LogP) is 4.28. The summed E-state index contributed by atoms with van der Waals surface area (Å²) in [6, 6.07) is 11.0. The lowest BCUT2D eigenvalue weighted by atomic mass is 9.96. The van der Waals surface area contributed by atoms with Gasteiger partial charge in [0, 0.05) is 12.6 Å². The molecule has 0 spiro atoms. The smallest absolute Gasteiger partial charge is 0.315 e. The van der Waals surface area contributed by atoms with E-state index in [1.54, 1.807) is 0 Å². The van der Waals surface area contributed by atoms with E-state index in [0.717, 1.165) is 38.6 Å². The monoisotopic (exact) mass is 302 g/mol. The highest BCUT2D eigenvalue weighted by Crippen LogP contribution is 2.17. The molecule has 1 saturated carbocycles. The maximum Gasteiger partial charge on any atom is 0.315 e. The second kappa shape index (κ2) is 9.50. The van der Waals surface area contributed by atoms with E-state index in [4.69, 9.17) is 0 Å². The topological polar surface area (TPSA) is 41.1 Å². The van der Waals surface area contributed by atoms with E-state index < -0.39 is 0 Å². The van der Waals surface area contributed by atoms with Crippen LogP contribution in [0.5, 0.6) is 0 Å². The van der Waals surface area contributed by atoms with Gasteiger partial charge in [0.2, 0.25) is 0 Å². The molecule has 2 amide bonds. The lowest BCUT2D eigenvalue weighted by Crippen LogP contribution is -2.43. The van der Waals surface area contributed by atoms with Crippen LogP contribution >= 0.6 is 0 Å². The second-order valence-electron chi connectivity index (χ2n) is 6.67. The number of nitrogens with one attached hydrogen (secondary N) is 2. The first-order valence-electron chi connectivity index (χ1n) is 8.82. The fourth-order valence-corrected chi connectivity index (χ4v) is 3.25. The van der Waals surface area contributed by atoms with Crippen LogP contribution in [0.1, 0.15) is 57.4 Å². The highest BCUT2D eigenvalue weighted by molar-refractivity contribution is 5.74. The third-order valence-corrected chi connectivity index (χ3v) is 4.53. The molecule has 2 rings (SSSR count). The summed E-state index contributed by atoms with van der Waals surface area (Å²) in [6.07, 6.45) is 9.42. The standard InChI is InChI=1S/C19H30N2O/c1-16(15-17-10-4-2-5-11-17)9-8-14-20-19(22)21-18-12-6-3-7-13-18/h2,4-5,10-11,16,18H,3,6-9,12-15H2,1H3,(H2,20,21,22)/t16-/m0/s1. The molecule has 1 aromatic carbocycles. The molecule has 0 saturated heterocycles. The first kappa shape index (κ1) is 16.9. The molecular weight excluding hydrogens is 272 g/mol. The zero-order valence-corrected chi connectivity index (χ0v) is 13.8. The van der Waals surface area contributed by atoms with Gasteiger partial charge in [-0.15, -0.1) is 0 Å². The van der Waals surface area contributed by atoms with Gasteiger partial charge in [0.15, 0.2) is 0 Å². The van der Waals surface area contributed by atoms with Gasteiger partial charge >= 0.3 is 6.03 Å². The third-order valence-electron chi connectivity index (χ3n) is 4.53. The Balaban J connectivity index is 1.53. The number of carbonyl (C=O) groups is 1. The normalized spacial score (nSPS) is 17.0. The molecule has 1 aromatic rings. The van der Waals surface area contributed by atoms with Crippen molar-refractivity contribution in [1.29, 1.82) is 0 Å². The Labute approximate surface area is 134 Å². The minimum absolute atomic E-state index is 0.0163. The minimum atomic E-state index is 0.0163. The quantitative estimate of drug-likeness (QED) is 0.725. The number of amides is 2. The molecule has 0 radical (unpaired) electrons. The summed E-state index contributed by atoms with van der Waals surface area (Å²) in [5, 5.41) is 6.10. The molecule has 122 valence electrons. The largest absolute Gasteiger partial charge is 0.338 e. The Morgan fingerprint density at radius 1 is 1.18 bits per heavy atom. The van der Waals surface area contributed by atoms with E-state index in [1.165, 1.54) is 24.8 Å². The van der Waals surface area contributed by atoms with Crippen molar-refractivity contribution in [2.24, 2.45) is 5.92 Å². The first-order chi connectivity index (χ1) is 10.7. The maximum atomic E-state index is 11.8. The molecule has 0 bridgehead atoms. The molecule has 0 aliphatic heterocycles. The van der Waals surface area contributed by atoms with Crippen molar-refractivity contribution in [3.63, 3.8) is 0 Å². The van der Waals surface area contributed by atoms with E-state index in [0.29, 0.717) is 12.0 Å². The van der Waals surface area contributed by atoms with Crippen LogP contribution in [0.2, 0.25) is 0 Å². The van der Waals surface area contributed by atoms with E-state index in [1.807, 2.05) is 0 Å². The molecule has 1 aliphatic rings. The van der Waals surface area contributed by atoms with E-state index in [-0.39, 0.29) is 6.03 Å². The van der Waals surface area contributed by atoms with Crippen LogP contribution in [-0.4, -0.2) is 18.6 Å². The molecule has 0 heterocycles. The summed E-state index contributed by atoms with van der Waals surface area (Å²) in [6.45, 7) is 3.06. The zero-order chi connectivity index (χ0) is 15.6. The first-order valence-corrected chi connectivity index (χ1v) is 8.82. The van der Waals surface area contributed by atoms with Crippen molar-refractivity contribution in [3.05, 3.63) is 35.9 Å². The van der Waals surface area contributed by atoms with Crippen LogP contribution < -0.4 is 10.6 Å². The summed E-state index contributed by atoms with van der Waals surface area (Å²) in [5.74, 6) is 0.658. The number of hydrogen-bond donors (Lipinski definition) is 2.